The molecule has 4 rings (SSSR count). The van der Waals surface area contributed by atoms with Gasteiger partial charge in [-0.25, -0.2) is 0 Å². The highest BCUT2D eigenvalue weighted by Gasteiger charge is 2.11. The lowest BCUT2D eigenvalue weighted by Gasteiger charge is -2.12. The number of fused-ring (bicyclic) bond motifs is 1. The fraction of sp³-hybridized carbons (Fsp3) is 0.139. The van der Waals surface area contributed by atoms with Gasteiger partial charge in [-0.3, -0.25) is 4.98 Å². The summed E-state index contributed by atoms with van der Waals surface area (Å²) in [6, 6.07) is 24.5. The van der Waals surface area contributed by atoms with Crippen LogP contribution in [0.1, 0.15) is 26.2 Å². The molecule has 0 radical (unpaired) electrons. The highest BCUT2D eigenvalue weighted by molar-refractivity contribution is 5.95. The third-order valence-corrected chi connectivity index (χ3v) is 5.75. The van der Waals surface area contributed by atoms with E-state index in [9.17, 15) is 0 Å². The van der Waals surface area contributed by atoms with Crippen LogP contribution in [0.25, 0.3) is 33.2 Å². The molecule has 3 aromatic carbocycles. The van der Waals surface area contributed by atoms with Gasteiger partial charge in [-0.1, -0.05) is 68.3 Å². The summed E-state index contributed by atoms with van der Waals surface area (Å²) in [7, 11) is 0. The van der Waals surface area contributed by atoms with E-state index in [1.54, 1.807) is 0 Å². The zero-order valence-electron chi connectivity index (χ0n) is 21.7. The predicted octanol–water partition coefficient (Wildman–Crippen LogP) is 7.12. The fourth-order valence-electron chi connectivity index (χ4n) is 3.91. The van der Waals surface area contributed by atoms with Gasteiger partial charge >= 0.3 is 0 Å². The van der Waals surface area contributed by atoms with Gasteiger partial charge in [0.2, 0.25) is 0 Å². The fourth-order valence-corrected chi connectivity index (χ4v) is 3.91. The van der Waals surface area contributed by atoms with Crippen LogP contribution < -0.4 is 9.47 Å². The Morgan fingerprint density at radius 2 is 1.49 bits per heavy atom. The number of aromatic nitrogens is 1. The number of nitrogens with zero attached hydrogens (tertiary/aromatic N) is 1. The summed E-state index contributed by atoms with van der Waals surface area (Å²) in [4.78, 5) is 4.68. The van der Waals surface area contributed by atoms with Crippen molar-refractivity contribution in [3.05, 3.63) is 79.0 Å². The minimum Gasteiger partial charge on any atom is -0.490 e. The standard InChI is InChI=1S/C36H25NO2/c1-3-5-7-8-9-10-11-15-26-39-35-28-31(21-22-34(35)38-25-14-6-4-2)30-18-16-19-32(27-30)36-33-20-13-12-17-29(33)23-24-37-36/h1,12-13,16-24,27-28H,4,6,14,25H2,2H3. The number of terminal acetylenes is 1. The highest BCUT2D eigenvalue weighted by atomic mass is 16.5. The molecule has 1 heterocycles. The van der Waals surface area contributed by atoms with Crippen LogP contribution in [0, 0.1) is 59.9 Å². The second kappa shape index (κ2) is 14.3. The van der Waals surface area contributed by atoms with Crippen molar-refractivity contribution >= 4 is 10.8 Å². The lowest BCUT2D eigenvalue weighted by atomic mass is 9.99. The summed E-state index contributed by atoms with van der Waals surface area (Å²) in [6.07, 6.45) is 12.7. The Morgan fingerprint density at radius 3 is 2.33 bits per heavy atom. The molecule has 0 saturated carbocycles. The van der Waals surface area contributed by atoms with Gasteiger partial charge in [0.15, 0.2) is 11.5 Å². The lowest BCUT2D eigenvalue weighted by Crippen LogP contribution is -1.99. The average Bonchev–Trinajstić information content (AvgIpc) is 2.98. The van der Waals surface area contributed by atoms with Crippen LogP contribution in [0.5, 0.6) is 11.5 Å². The molecular formula is C36H25NO2. The SMILES string of the molecule is C#CC#CC#CC#CC#COc1cc(-c2cccc(-c3nccc4ccccc34)c2)ccc1OCCCCC. The summed E-state index contributed by atoms with van der Waals surface area (Å²) in [5.74, 6) is 21.2. The van der Waals surface area contributed by atoms with Gasteiger partial charge in [-0.15, -0.1) is 6.42 Å². The summed E-state index contributed by atoms with van der Waals surface area (Å²) < 4.78 is 11.8. The summed E-state index contributed by atoms with van der Waals surface area (Å²) in [6.45, 7) is 2.77. The quantitative estimate of drug-likeness (QED) is 0.189. The molecule has 0 amide bonds. The molecule has 0 saturated heterocycles. The van der Waals surface area contributed by atoms with E-state index >= 15 is 0 Å². The van der Waals surface area contributed by atoms with Crippen molar-refractivity contribution in [2.45, 2.75) is 26.2 Å². The van der Waals surface area contributed by atoms with E-state index < -0.39 is 0 Å². The van der Waals surface area contributed by atoms with Gasteiger partial charge in [0, 0.05) is 40.8 Å². The number of benzene rings is 3. The first-order chi connectivity index (χ1) is 19.3. The van der Waals surface area contributed by atoms with Crippen molar-refractivity contribution in [2.75, 3.05) is 6.61 Å². The Bertz CT molecular complexity index is 1760. The largest absolute Gasteiger partial charge is 0.490 e. The molecular weight excluding hydrogens is 478 g/mol. The predicted molar refractivity (Wildman–Crippen MR) is 158 cm³/mol. The van der Waals surface area contributed by atoms with Gasteiger partial charge < -0.3 is 9.47 Å². The molecule has 0 aliphatic carbocycles. The van der Waals surface area contributed by atoms with E-state index in [1.165, 1.54) is 0 Å². The van der Waals surface area contributed by atoms with Gasteiger partial charge in [-0.05, 0) is 70.9 Å². The zero-order valence-corrected chi connectivity index (χ0v) is 21.7. The van der Waals surface area contributed by atoms with Crippen LogP contribution in [0.3, 0.4) is 0 Å². The van der Waals surface area contributed by atoms with Crippen LogP contribution in [-0.2, 0) is 0 Å². The van der Waals surface area contributed by atoms with Crippen molar-refractivity contribution < 1.29 is 9.47 Å². The molecule has 0 spiro atoms. The average molecular weight is 504 g/mol. The highest BCUT2D eigenvalue weighted by Crippen LogP contribution is 2.35. The molecule has 39 heavy (non-hydrogen) atoms. The van der Waals surface area contributed by atoms with E-state index in [2.05, 4.69) is 95.7 Å². The van der Waals surface area contributed by atoms with Crippen molar-refractivity contribution in [3.63, 3.8) is 0 Å². The minimum absolute atomic E-state index is 0.526. The molecule has 0 unspecified atom stereocenters. The minimum atomic E-state index is 0.526. The molecule has 1 aromatic heterocycles. The van der Waals surface area contributed by atoms with E-state index in [4.69, 9.17) is 15.9 Å². The normalized spacial score (nSPS) is 9.23. The number of pyridine rings is 1. The molecule has 0 atom stereocenters. The molecule has 0 aliphatic heterocycles. The van der Waals surface area contributed by atoms with Gasteiger partial charge in [0.1, 0.15) is 6.11 Å². The van der Waals surface area contributed by atoms with Crippen LogP contribution in [0.2, 0.25) is 0 Å². The topological polar surface area (TPSA) is 31.4 Å². The van der Waals surface area contributed by atoms with Gasteiger partial charge in [0.05, 0.1) is 12.3 Å². The van der Waals surface area contributed by atoms with Gasteiger partial charge in [0.25, 0.3) is 0 Å². The number of hydrogen-bond donors (Lipinski definition) is 0. The Kier molecular flexibility index (Phi) is 9.71. The zero-order chi connectivity index (χ0) is 27.1. The molecule has 0 N–H and O–H groups in total. The van der Waals surface area contributed by atoms with Crippen molar-refractivity contribution in [3.8, 4) is 93.8 Å². The van der Waals surface area contributed by atoms with Crippen LogP contribution in [0.4, 0.5) is 0 Å². The summed E-state index contributed by atoms with van der Waals surface area (Å²) in [5, 5.41) is 2.27. The Labute approximate surface area is 230 Å². The number of ether oxygens (including phenoxy) is 2. The monoisotopic (exact) mass is 503 g/mol. The first kappa shape index (κ1) is 26.5. The number of rotatable bonds is 8. The molecule has 3 nitrogen and oxygen atoms in total. The van der Waals surface area contributed by atoms with Crippen molar-refractivity contribution in [1.29, 1.82) is 0 Å². The molecule has 0 fully saturated rings. The van der Waals surface area contributed by atoms with Crippen LogP contribution in [-0.4, -0.2) is 11.6 Å². The lowest BCUT2D eigenvalue weighted by molar-refractivity contribution is 0.295. The third kappa shape index (κ3) is 7.48. The van der Waals surface area contributed by atoms with Crippen molar-refractivity contribution in [1.82, 2.24) is 4.98 Å². The van der Waals surface area contributed by atoms with E-state index in [-0.39, 0.29) is 0 Å². The Hall–Kier alpha value is -5.53. The first-order valence-electron chi connectivity index (χ1n) is 12.6. The van der Waals surface area contributed by atoms with E-state index in [0.29, 0.717) is 18.1 Å². The Morgan fingerprint density at radius 1 is 0.718 bits per heavy atom. The first-order valence-corrected chi connectivity index (χ1v) is 12.6. The second-order valence-electron chi connectivity index (χ2n) is 8.40. The summed E-state index contributed by atoms with van der Waals surface area (Å²) >= 11 is 0. The van der Waals surface area contributed by atoms with Gasteiger partial charge in [-0.2, -0.15) is 0 Å². The second-order valence-corrected chi connectivity index (χ2v) is 8.40. The smallest absolute Gasteiger partial charge is 0.182 e. The third-order valence-electron chi connectivity index (χ3n) is 5.75. The molecule has 4 aromatic rings. The molecule has 0 bridgehead atoms. The van der Waals surface area contributed by atoms with E-state index in [1.807, 2.05) is 48.7 Å². The molecule has 186 valence electrons. The maximum Gasteiger partial charge on any atom is 0.182 e. The Balaban J connectivity index is 1.62. The van der Waals surface area contributed by atoms with E-state index in [0.717, 1.165) is 52.4 Å². The maximum atomic E-state index is 6.01. The molecule has 0 aliphatic rings. The number of hydrogen-bond acceptors (Lipinski definition) is 3. The van der Waals surface area contributed by atoms with Crippen molar-refractivity contribution in [2.24, 2.45) is 0 Å². The maximum absolute atomic E-state index is 6.01. The van der Waals surface area contributed by atoms with Crippen LogP contribution in [0.15, 0.2) is 79.0 Å². The van der Waals surface area contributed by atoms with Crippen LogP contribution >= 0.6 is 0 Å². The summed E-state index contributed by atoms with van der Waals surface area (Å²) in [5.41, 5.74) is 3.98. The number of unbranched alkanes of at least 4 members (excludes halogenated alkanes) is 2. The molecule has 3 heteroatoms.